The van der Waals surface area contributed by atoms with Crippen molar-refractivity contribution in [2.45, 2.75) is 66.2 Å². The Kier molecular flexibility index (Phi) is 6.13. The number of hydrogen-bond donors (Lipinski definition) is 2. The summed E-state index contributed by atoms with van der Waals surface area (Å²) >= 11 is 0. The van der Waals surface area contributed by atoms with Gasteiger partial charge in [-0.2, -0.15) is 0 Å². The van der Waals surface area contributed by atoms with E-state index in [1.165, 1.54) is 38.8 Å². The lowest BCUT2D eigenvalue weighted by atomic mass is 9.68. The van der Waals surface area contributed by atoms with Crippen molar-refractivity contribution in [3.8, 4) is 0 Å². The quantitative estimate of drug-likeness (QED) is 0.728. The lowest BCUT2D eigenvalue weighted by Gasteiger charge is -2.39. The van der Waals surface area contributed by atoms with Crippen LogP contribution in [-0.4, -0.2) is 24.8 Å². The molecule has 0 atom stereocenters. The summed E-state index contributed by atoms with van der Waals surface area (Å²) in [5, 5.41) is 12.4. The van der Waals surface area contributed by atoms with Gasteiger partial charge in [0, 0.05) is 6.61 Å². The summed E-state index contributed by atoms with van der Waals surface area (Å²) in [7, 11) is 0. The van der Waals surface area contributed by atoms with E-state index in [0.29, 0.717) is 17.4 Å². The maximum atomic E-state index is 8.95. The first-order valence-corrected chi connectivity index (χ1v) is 7.69. The summed E-state index contributed by atoms with van der Waals surface area (Å²) in [6.07, 6.45) is 7.36. The van der Waals surface area contributed by atoms with Crippen LogP contribution in [0.1, 0.15) is 66.2 Å². The molecule has 1 aliphatic heterocycles. The number of aliphatic hydroxyl groups excluding tert-OH is 1. The molecule has 0 spiro atoms. The monoisotopic (exact) mass is 255 g/mol. The first kappa shape index (κ1) is 16.0. The Labute approximate surface area is 114 Å². The van der Waals surface area contributed by atoms with Crippen LogP contribution < -0.4 is 5.32 Å². The fraction of sp³-hybridized carbons (Fsp3) is 1.00. The Bertz CT molecular complexity index is 229. The number of piperidine rings is 1. The summed E-state index contributed by atoms with van der Waals surface area (Å²) in [6, 6.07) is 0. The molecule has 0 aromatic carbocycles. The van der Waals surface area contributed by atoms with Gasteiger partial charge in [-0.25, -0.2) is 0 Å². The molecular weight excluding hydrogens is 222 g/mol. The Balaban J connectivity index is 2.39. The first-order chi connectivity index (χ1) is 8.37. The lowest BCUT2D eigenvalue weighted by Crippen LogP contribution is -2.36. The Morgan fingerprint density at radius 3 is 2.17 bits per heavy atom. The van der Waals surface area contributed by atoms with Gasteiger partial charge in [-0.3, -0.25) is 0 Å². The van der Waals surface area contributed by atoms with Crippen LogP contribution in [0.5, 0.6) is 0 Å². The largest absolute Gasteiger partial charge is 0.396 e. The highest BCUT2D eigenvalue weighted by Gasteiger charge is 2.32. The number of aliphatic hydroxyl groups is 1. The third kappa shape index (κ3) is 5.27. The molecule has 0 unspecified atom stereocenters. The van der Waals surface area contributed by atoms with Gasteiger partial charge in [-0.05, 0) is 68.4 Å². The molecule has 18 heavy (non-hydrogen) atoms. The van der Waals surface area contributed by atoms with Gasteiger partial charge in [0.1, 0.15) is 0 Å². The molecule has 1 heterocycles. The maximum absolute atomic E-state index is 8.95. The fourth-order valence-electron chi connectivity index (χ4n) is 3.15. The summed E-state index contributed by atoms with van der Waals surface area (Å²) < 4.78 is 0. The molecule has 2 heteroatoms. The predicted octanol–water partition coefficient (Wildman–Crippen LogP) is 3.59. The average molecular weight is 255 g/mol. The normalized spacial score (nSPS) is 19.2. The van der Waals surface area contributed by atoms with Gasteiger partial charge < -0.3 is 10.4 Å². The second-order valence-corrected chi connectivity index (χ2v) is 7.50. The lowest BCUT2D eigenvalue weighted by molar-refractivity contribution is 0.123. The van der Waals surface area contributed by atoms with E-state index in [1.807, 2.05) is 0 Å². The van der Waals surface area contributed by atoms with Crippen LogP contribution in [0.4, 0.5) is 0 Å². The Morgan fingerprint density at radius 1 is 1.00 bits per heavy atom. The van der Waals surface area contributed by atoms with Crippen LogP contribution in [0.2, 0.25) is 0 Å². The van der Waals surface area contributed by atoms with Gasteiger partial charge in [-0.15, -0.1) is 0 Å². The van der Waals surface area contributed by atoms with E-state index in [1.54, 1.807) is 0 Å². The van der Waals surface area contributed by atoms with E-state index >= 15 is 0 Å². The number of hydrogen-bond acceptors (Lipinski definition) is 2. The van der Waals surface area contributed by atoms with E-state index in [9.17, 15) is 0 Å². The van der Waals surface area contributed by atoms with Crippen LogP contribution in [0.3, 0.4) is 0 Å². The summed E-state index contributed by atoms with van der Waals surface area (Å²) in [6.45, 7) is 12.3. The fourth-order valence-corrected chi connectivity index (χ4v) is 3.15. The minimum atomic E-state index is 0.334. The van der Waals surface area contributed by atoms with Crippen molar-refractivity contribution in [2.75, 3.05) is 19.7 Å². The highest BCUT2D eigenvalue weighted by Crippen LogP contribution is 2.41. The molecule has 0 aromatic heterocycles. The molecule has 1 aliphatic rings. The minimum absolute atomic E-state index is 0.334. The molecule has 108 valence electrons. The highest BCUT2D eigenvalue weighted by atomic mass is 16.2. The van der Waals surface area contributed by atoms with Crippen molar-refractivity contribution in [2.24, 2.45) is 16.7 Å². The van der Waals surface area contributed by atoms with Gasteiger partial charge in [-0.1, -0.05) is 27.7 Å². The molecular formula is C16H33NO. The standard InChI is InChI=1S/C16H33NO/c1-15(2,8-5-13-18)9-10-16(3,4)14-6-11-17-12-7-14/h14,17-18H,5-13H2,1-4H3. The zero-order chi connectivity index (χ0) is 13.6. The molecule has 1 fully saturated rings. The third-order valence-corrected chi connectivity index (χ3v) is 4.90. The molecule has 0 radical (unpaired) electrons. The van der Waals surface area contributed by atoms with Crippen LogP contribution >= 0.6 is 0 Å². The average Bonchev–Trinajstić information content (AvgIpc) is 2.36. The summed E-state index contributed by atoms with van der Waals surface area (Å²) in [4.78, 5) is 0. The molecule has 0 bridgehead atoms. The SMILES string of the molecule is CC(C)(CCCO)CCC(C)(C)C1CCNCC1. The van der Waals surface area contributed by atoms with E-state index in [0.717, 1.165) is 18.8 Å². The van der Waals surface area contributed by atoms with E-state index < -0.39 is 0 Å². The zero-order valence-electron chi connectivity index (χ0n) is 12.9. The van der Waals surface area contributed by atoms with Crippen LogP contribution in [-0.2, 0) is 0 Å². The van der Waals surface area contributed by atoms with Crippen LogP contribution in [0.15, 0.2) is 0 Å². The molecule has 0 saturated carbocycles. The Hall–Kier alpha value is -0.0800. The highest BCUT2D eigenvalue weighted by molar-refractivity contribution is 4.84. The van der Waals surface area contributed by atoms with Gasteiger partial charge >= 0.3 is 0 Å². The summed E-state index contributed by atoms with van der Waals surface area (Å²) in [5.74, 6) is 0.882. The van der Waals surface area contributed by atoms with Crippen molar-refractivity contribution < 1.29 is 5.11 Å². The predicted molar refractivity (Wildman–Crippen MR) is 78.7 cm³/mol. The molecule has 1 saturated heterocycles. The van der Waals surface area contributed by atoms with Crippen molar-refractivity contribution in [3.05, 3.63) is 0 Å². The van der Waals surface area contributed by atoms with E-state index in [4.69, 9.17) is 5.11 Å². The molecule has 0 aliphatic carbocycles. The smallest absolute Gasteiger partial charge is 0.0431 e. The molecule has 2 N–H and O–H groups in total. The maximum Gasteiger partial charge on any atom is 0.0431 e. The Morgan fingerprint density at radius 2 is 1.61 bits per heavy atom. The topological polar surface area (TPSA) is 32.3 Å². The van der Waals surface area contributed by atoms with Gasteiger partial charge in [0.05, 0.1) is 0 Å². The first-order valence-electron chi connectivity index (χ1n) is 7.69. The third-order valence-electron chi connectivity index (χ3n) is 4.90. The number of nitrogens with one attached hydrogen (secondary N) is 1. The van der Waals surface area contributed by atoms with Crippen LogP contribution in [0, 0.1) is 16.7 Å². The van der Waals surface area contributed by atoms with Crippen molar-refractivity contribution in [1.29, 1.82) is 0 Å². The van der Waals surface area contributed by atoms with E-state index in [2.05, 4.69) is 33.0 Å². The molecule has 0 amide bonds. The van der Waals surface area contributed by atoms with Crippen LogP contribution in [0.25, 0.3) is 0 Å². The van der Waals surface area contributed by atoms with E-state index in [-0.39, 0.29) is 0 Å². The van der Waals surface area contributed by atoms with Crippen molar-refractivity contribution >= 4 is 0 Å². The van der Waals surface area contributed by atoms with Gasteiger partial charge in [0.2, 0.25) is 0 Å². The van der Waals surface area contributed by atoms with Gasteiger partial charge in [0.15, 0.2) is 0 Å². The van der Waals surface area contributed by atoms with Crippen molar-refractivity contribution in [1.82, 2.24) is 5.32 Å². The second-order valence-electron chi connectivity index (χ2n) is 7.50. The molecule has 0 aromatic rings. The number of rotatable bonds is 7. The van der Waals surface area contributed by atoms with Gasteiger partial charge in [0.25, 0.3) is 0 Å². The zero-order valence-corrected chi connectivity index (χ0v) is 12.9. The minimum Gasteiger partial charge on any atom is -0.396 e. The summed E-state index contributed by atoms with van der Waals surface area (Å²) in [5.41, 5.74) is 0.853. The second kappa shape index (κ2) is 6.91. The molecule has 2 nitrogen and oxygen atoms in total. The molecule has 1 rings (SSSR count). The van der Waals surface area contributed by atoms with Crippen molar-refractivity contribution in [3.63, 3.8) is 0 Å².